The van der Waals surface area contributed by atoms with Crippen molar-refractivity contribution in [3.63, 3.8) is 0 Å². The van der Waals surface area contributed by atoms with E-state index in [0.29, 0.717) is 0 Å². The normalized spacial score (nSPS) is 11.3. The van der Waals surface area contributed by atoms with Crippen LogP contribution in [-0.2, 0) is 24.9 Å². The summed E-state index contributed by atoms with van der Waals surface area (Å²) in [4.78, 5) is 14.7. The van der Waals surface area contributed by atoms with E-state index in [1.54, 1.807) is 0 Å². The molecule has 0 amide bonds. The number of aliphatic hydroxyl groups is 1. The monoisotopic (exact) mass is 642 g/mol. The largest absolute Gasteiger partial charge is 0.512 e. The molecule has 3 aromatic carbocycles. The van der Waals surface area contributed by atoms with Gasteiger partial charge in [0.05, 0.1) is 11.4 Å². The van der Waals surface area contributed by atoms with Crippen molar-refractivity contribution < 1.29 is 30.0 Å². The number of allylic oxidation sites excluding steroid dienone is 2. The van der Waals surface area contributed by atoms with E-state index in [1.807, 2.05) is 18.5 Å². The number of pyridine rings is 1. The Balaban J connectivity index is 0.000000378. The van der Waals surface area contributed by atoms with Crippen LogP contribution in [0.25, 0.3) is 38.4 Å². The zero-order valence-corrected chi connectivity index (χ0v) is 23.3. The number of para-hydroxylation sites is 1. The number of hydrogen-bond acceptors (Lipinski definition) is 3. The molecule has 0 aliphatic rings. The number of aryl methyl sites for hydroxylation is 4. The first kappa shape index (κ1) is 26.3. The Morgan fingerprint density at radius 3 is 2.31 bits per heavy atom. The molecule has 0 bridgehead atoms. The van der Waals surface area contributed by atoms with Crippen LogP contribution in [0.4, 0.5) is 0 Å². The van der Waals surface area contributed by atoms with Crippen molar-refractivity contribution in [2.45, 2.75) is 41.5 Å². The number of nitrogens with zero attached hydrogens (tertiary/aromatic N) is 2. The Morgan fingerprint density at radius 2 is 1.71 bits per heavy atom. The van der Waals surface area contributed by atoms with Gasteiger partial charge in [-0.3, -0.25) is 9.78 Å². The van der Waals surface area contributed by atoms with Crippen LogP contribution in [0.2, 0.25) is 0 Å². The second-order valence-corrected chi connectivity index (χ2v) is 8.90. The number of carbonyl (C=O) groups excluding carboxylic acids is 1. The van der Waals surface area contributed by atoms with Crippen LogP contribution in [0.15, 0.2) is 66.7 Å². The molecular formula is C30H29IrN2O2-. The van der Waals surface area contributed by atoms with Crippen LogP contribution in [0.3, 0.4) is 0 Å². The topological polar surface area (TPSA) is 54.6 Å². The number of carbonyl (C=O) groups is 1. The molecule has 0 saturated carbocycles. The summed E-state index contributed by atoms with van der Waals surface area (Å²) < 4.78 is 2.20. The van der Waals surface area contributed by atoms with Crippen LogP contribution in [-0.4, -0.2) is 20.3 Å². The van der Waals surface area contributed by atoms with Gasteiger partial charge in [0.15, 0.2) is 5.78 Å². The standard InChI is InChI=1S/C25H21N2.C5H8O2.Ir/c1-15-13-17(3)22(18(4)14-15)19-8-6-10-21-23(19)20-9-5-7-16(2)24(20)27-12-11-26-25(21)27;1-4(6)3-5(2)7;/h5-9,11-14H,1-4H3;3,6H,1-2H3;/q-1;;/b;4-3-;. The first-order valence-electron chi connectivity index (χ1n) is 11.3. The van der Waals surface area contributed by atoms with Crippen LogP contribution < -0.4 is 0 Å². The van der Waals surface area contributed by atoms with E-state index < -0.39 is 0 Å². The predicted molar refractivity (Wildman–Crippen MR) is 140 cm³/mol. The minimum absolute atomic E-state index is 0. The molecule has 0 unspecified atom stereocenters. The molecule has 5 heteroatoms. The number of rotatable bonds is 2. The van der Waals surface area contributed by atoms with Crippen molar-refractivity contribution in [2.24, 2.45) is 0 Å². The maximum atomic E-state index is 10.0. The van der Waals surface area contributed by atoms with Crippen molar-refractivity contribution in [1.82, 2.24) is 9.38 Å². The first-order chi connectivity index (χ1) is 16.2. The Morgan fingerprint density at radius 1 is 1.03 bits per heavy atom. The molecule has 0 fully saturated rings. The number of fused-ring (bicyclic) bond motifs is 6. The number of ketones is 1. The van der Waals surface area contributed by atoms with Gasteiger partial charge < -0.3 is 9.51 Å². The van der Waals surface area contributed by atoms with Crippen LogP contribution in [0, 0.1) is 33.8 Å². The second-order valence-electron chi connectivity index (χ2n) is 8.90. The summed E-state index contributed by atoms with van der Waals surface area (Å²) >= 11 is 0. The van der Waals surface area contributed by atoms with Gasteiger partial charge >= 0.3 is 0 Å². The Hall–Kier alpha value is -3.27. The summed E-state index contributed by atoms with van der Waals surface area (Å²) in [6.07, 6.45) is 5.09. The molecule has 0 atom stereocenters. The number of hydrogen-bond donors (Lipinski definition) is 1. The fraction of sp³-hybridized carbons (Fsp3) is 0.200. The molecule has 181 valence electrons. The molecule has 2 heterocycles. The van der Waals surface area contributed by atoms with Crippen molar-refractivity contribution in [1.29, 1.82) is 0 Å². The third-order valence-electron chi connectivity index (χ3n) is 5.97. The fourth-order valence-electron chi connectivity index (χ4n) is 4.91. The van der Waals surface area contributed by atoms with E-state index in [1.165, 1.54) is 69.6 Å². The summed E-state index contributed by atoms with van der Waals surface area (Å²) in [5.41, 5.74) is 9.95. The minimum Gasteiger partial charge on any atom is -0.512 e. The van der Waals surface area contributed by atoms with Crippen LogP contribution >= 0.6 is 0 Å². The van der Waals surface area contributed by atoms with Gasteiger partial charge in [-0.15, -0.1) is 18.2 Å². The van der Waals surface area contributed by atoms with Gasteiger partial charge in [-0.25, -0.2) is 0 Å². The van der Waals surface area contributed by atoms with Crippen molar-refractivity contribution in [3.05, 3.63) is 95.0 Å². The van der Waals surface area contributed by atoms with Crippen LogP contribution in [0.1, 0.15) is 36.1 Å². The average Bonchev–Trinajstić information content (AvgIpc) is 3.22. The number of benzene rings is 3. The van der Waals surface area contributed by atoms with Gasteiger partial charge in [-0.2, -0.15) is 0 Å². The molecule has 2 aromatic heterocycles. The van der Waals surface area contributed by atoms with E-state index >= 15 is 0 Å². The third-order valence-corrected chi connectivity index (χ3v) is 5.97. The van der Waals surface area contributed by atoms with Gasteiger partial charge in [0.25, 0.3) is 0 Å². The van der Waals surface area contributed by atoms with Crippen molar-refractivity contribution in [3.8, 4) is 11.1 Å². The third kappa shape index (κ3) is 5.07. The van der Waals surface area contributed by atoms with Crippen molar-refractivity contribution >= 4 is 33.1 Å². The van der Waals surface area contributed by atoms with E-state index in [2.05, 4.69) is 79.5 Å². The van der Waals surface area contributed by atoms with Crippen molar-refractivity contribution in [2.75, 3.05) is 0 Å². The molecule has 5 aromatic rings. The zero-order chi connectivity index (χ0) is 24.6. The molecule has 0 spiro atoms. The SMILES string of the molecule is CC(=O)/C=C(/C)O.Cc1cc(C)c(-c2cc[c-]c3c2c2cccc(C)c2n2ccnc32)c(C)c1.[Ir]. The summed E-state index contributed by atoms with van der Waals surface area (Å²) in [5.74, 6) is -0.0625. The Bertz CT molecular complexity index is 1570. The Kier molecular flexibility index (Phi) is 7.94. The van der Waals surface area contributed by atoms with Gasteiger partial charge in [-0.1, -0.05) is 52.2 Å². The van der Waals surface area contributed by atoms with E-state index in [4.69, 9.17) is 5.11 Å². The number of imidazole rings is 1. The maximum absolute atomic E-state index is 10.0. The van der Waals surface area contributed by atoms with E-state index in [-0.39, 0.29) is 31.6 Å². The van der Waals surface area contributed by atoms with Gasteiger partial charge in [-0.05, 0) is 69.2 Å². The molecular weight excluding hydrogens is 613 g/mol. The van der Waals surface area contributed by atoms with E-state index in [9.17, 15) is 4.79 Å². The van der Waals surface area contributed by atoms with Gasteiger partial charge in [0.2, 0.25) is 0 Å². The second kappa shape index (κ2) is 10.6. The van der Waals surface area contributed by atoms with Crippen LogP contribution in [0.5, 0.6) is 0 Å². The Labute approximate surface area is 219 Å². The van der Waals surface area contributed by atoms with E-state index in [0.717, 1.165) is 11.0 Å². The first-order valence-corrected chi connectivity index (χ1v) is 11.3. The molecule has 5 rings (SSSR count). The summed E-state index contributed by atoms with van der Waals surface area (Å²) in [6, 6.07) is 18.8. The quantitative estimate of drug-likeness (QED) is 0.0948. The molecule has 0 aliphatic heterocycles. The smallest absolute Gasteiger partial charge is 0.155 e. The molecule has 0 aliphatic carbocycles. The van der Waals surface area contributed by atoms with Gasteiger partial charge in [0.1, 0.15) is 0 Å². The summed E-state index contributed by atoms with van der Waals surface area (Å²) in [6.45, 7) is 11.6. The fourth-order valence-corrected chi connectivity index (χ4v) is 4.91. The molecule has 1 N–H and O–H groups in total. The molecule has 35 heavy (non-hydrogen) atoms. The van der Waals surface area contributed by atoms with Gasteiger partial charge in [0, 0.05) is 44.1 Å². The number of aromatic nitrogens is 2. The zero-order valence-electron chi connectivity index (χ0n) is 20.9. The predicted octanol–water partition coefficient (Wildman–Crippen LogP) is 7.38. The maximum Gasteiger partial charge on any atom is 0.155 e. The molecule has 0 saturated heterocycles. The summed E-state index contributed by atoms with van der Waals surface area (Å²) in [7, 11) is 0. The minimum atomic E-state index is -0.125. The molecule has 4 nitrogen and oxygen atoms in total. The summed E-state index contributed by atoms with van der Waals surface area (Å²) in [5, 5.41) is 11.9. The average molecular weight is 642 g/mol. The molecule has 1 radical (unpaired) electrons. The number of aliphatic hydroxyl groups excluding tert-OH is 1.